The SMILES string of the molecule is Cc1cc(=O)c(C(=O)NCCNc2ncc(C(F)(F)F)cc2Cl)nn1-c1ccccc1. The van der Waals surface area contributed by atoms with Crippen LogP contribution in [0.1, 0.15) is 21.7 Å². The Morgan fingerprint density at radius 1 is 1.16 bits per heavy atom. The molecule has 2 N–H and O–H groups in total. The highest BCUT2D eigenvalue weighted by Crippen LogP contribution is 2.32. The van der Waals surface area contributed by atoms with Crippen LogP contribution in [0.25, 0.3) is 5.69 Å². The summed E-state index contributed by atoms with van der Waals surface area (Å²) in [5.41, 5.74) is -0.504. The third kappa shape index (κ3) is 5.40. The number of nitrogens with one attached hydrogen (secondary N) is 2. The molecule has 0 saturated carbocycles. The number of aryl methyl sites for hydroxylation is 1. The number of nitrogens with zero attached hydrogens (tertiary/aromatic N) is 3. The van der Waals surface area contributed by atoms with Crippen molar-refractivity contribution >= 4 is 23.3 Å². The van der Waals surface area contributed by atoms with Gasteiger partial charge in [0.1, 0.15) is 5.82 Å². The van der Waals surface area contributed by atoms with Crippen molar-refractivity contribution in [3.63, 3.8) is 0 Å². The Morgan fingerprint density at radius 2 is 1.87 bits per heavy atom. The predicted molar refractivity (Wildman–Crippen MR) is 110 cm³/mol. The number of carbonyl (C=O) groups is 1. The van der Waals surface area contributed by atoms with Gasteiger partial charge in [-0.2, -0.15) is 18.3 Å². The molecule has 11 heteroatoms. The summed E-state index contributed by atoms with van der Waals surface area (Å²) in [6, 6.07) is 11.1. The molecule has 7 nitrogen and oxygen atoms in total. The van der Waals surface area contributed by atoms with Crippen LogP contribution in [0.3, 0.4) is 0 Å². The summed E-state index contributed by atoms with van der Waals surface area (Å²) in [5, 5.41) is 9.22. The molecule has 0 fully saturated rings. The molecule has 0 saturated heterocycles. The number of hydrogen-bond acceptors (Lipinski definition) is 5. The van der Waals surface area contributed by atoms with Gasteiger partial charge >= 0.3 is 6.18 Å². The number of carbonyl (C=O) groups excluding carboxylic acids is 1. The van der Waals surface area contributed by atoms with E-state index in [1.165, 1.54) is 10.7 Å². The molecule has 2 heterocycles. The van der Waals surface area contributed by atoms with Gasteiger partial charge < -0.3 is 10.6 Å². The summed E-state index contributed by atoms with van der Waals surface area (Å²) >= 11 is 5.82. The van der Waals surface area contributed by atoms with E-state index in [-0.39, 0.29) is 29.6 Å². The van der Waals surface area contributed by atoms with Crippen LogP contribution in [-0.2, 0) is 6.18 Å². The number of hydrogen-bond donors (Lipinski definition) is 2. The average Bonchev–Trinajstić information content (AvgIpc) is 2.72. The van der Waals surface area contributed by atoms with Gasteiger partial charge in [0.2, 0.25) is 5.43 Å². The smallest absolute Gasteiger partial charge is 0.367 e. The molecule has 31 heavy (non-hydrogen) atoms. The van der Waals surface area contributed by atoms with Crippen molar-refractivity contribution in [3.8, 4) is 5.69 Å². The van der Waals surface area contributed by atoms with Gasteiger partial charge in [-0.05, 0) is 25.1 Å². The number of para-hydroxylation sites is 1. The molecule has 162 valence electrons. The molecule has 1 amide bonds. The highest BCUT2D eigenvalue weighted by Gasteiger charge is 2.31. The zero-order valence-electron chi connectivity index (χ0n) is 16.2. The summed E-state index contributed by atoms with van der Waals surface area (Å²) in [5.74, 6) is -0.633. The number of pyridine rings is 1. The van der Waals surface area contributed by atoms with Crippen LogP contribution >= 0.6 is 11.6 Å². The average molecular weight is 452 g/mol. The van der Waals surface area contributed by atoms with Crippen molar-refractivity contribution in [1.29, 1.82) is 0 Å². The van der Waals surface area contributed by atoms with Crippen LogP contribution < -0.4 is 16.1 Å². The van der Waals surface area contributed by atoms with Crippen molar-refractivity contribution < 1.29 is 18.0 Å². The van der Waals surface area contributed by atoms with E-state index in [2.05, 4.69) is 20.7 Å². The molecule has 3 rings (SSSR count). The minimum atomic E-state index is -4.54. The summed E-state index contributed by atoms with van der Waals surface area (Å²) < 4.78 is 39.4. The zero-order chi connectivity index (χ0) is 22.6. The minimum Gasteiger partial charge on any atom is -0.367 e. The second-order valence-electron chi connectivity index (χ2n) is 6.48. The largest absolute Gasteiger partial charge is 0.417 e. The first-order chi connectivity index (χ1) is 14.7. The van der Waals surface area contributed by atoms with Gasteiger partial charge in [0.05, 0.1) is 16.3 Å². The second-order valence-corrected chi connectivity index (χ2v) is 6.89. The standard InChI is InChI=1S/C20H17ClF3N5O2/c1-12-9-16(30)17(28-29(12)14-5-3-2-4-6-14)19(31)26-8-7-25-18-15(21)10-13(11-27-18)20(22,23)24/h2-6,9-11H,7-8H2,1H3,(H,25,27)(H,26,31). The third-order valence-corrected chi connectivity index (χ3v) is 4.48. The minimum absolute atomic E-state index is 0.0452. The van der Waals surface area contributed by atoms with Crippen LogP contribution in [0.2, 0.25) is 5.02 Å². The lowest BCUT2D eigenvalue weighted by molar-refractivity contribution is -0.137. The maximum atomic E-state index is 12.7. The van der Waals surface area contributed by atoms with Crippen molar-refractivity contribution in [3.05, 3.63) is 80.9 Å². The molecule has 0 aliphatic carbocycles. The first-order valence-corrected chi connectivity index (χ1v) is 9.46. The molecular weight excluding hydrogens is 435 g/mol. The van der Waals surface area contributed by atoms with Crippen LogP contribution in [0.5, 0.6) is 0 Å². The van der Waals surface area contributed by atoms with Crippen LogP contribution in [-0.4, -0.2) is 33.8 Å². The number of rotatable bonds is 6. The molecule has 1 aromatic carbocycles. The van der Waals surface area contributed by atoms with Crippen LogP contribution in [0.15, 0.2) is 53.5 Å². The predicted octanol–water partition coefficient (Wildman–Crippen LogP) is 3.45. The molecular formula is C20H17ClF3N5O2. The van der Waals surface area contributed by atoms with Crippen LogP contribution in [0.4, 0.5) is 19.0 Å². The number of amides is 1. The van der Waals surface area contributed by atoms with Gasteiger partial charge in [-0.1, -0.05) is 29.8 Å². The van der Waals surface area contributed by atoms with E-state index < -0.39 is 23.1 Å². The van der Waals surface area contributed by atoms with E-state index in [1.807, 2.05) is 6.07 Å². The Bertz CT molecular complexity index is 1150. The third-order valence-electron chi connectivity index (χ3n) is 4.19. The number of halogens is 4. The van der Waals surface area contributed by atoms with Gasteiger partial charge in [-0.25, -0.2) is 9.67 Å². The van der Waals surface area contributed by atoms with Crippen molar-refractivity contribution in [2.75, 3.05) is 18.4 Å². The quantitative estimate of drug-likeness (QED) is 0.560. The Balaban J connectivity index is 1.64. The number of anilines is 1. The highest BCUT2D eigenvalue weighted by molar-refractivity contribution is 6.32. The molecule has 0 aliphatic rings. The molecule has 0 unspecified atom stereocenters. The summed E-state index contributed by atoms with van der Waals surface area (Å²) in [7, 11) is 0. The fraction of sp³-hybridized carbons (Fsp3) is 0.200. The van der Waals surface area contributed by atoms with Crippen molar-refractivity contribution in [2.24, 2.45) is 0 Å². The van der Waals surface area contributed by atoms with Crippen molar-refractivity contribution in [2.45, 2.75) is 13.1 Å². The number of benzene rings is 1. The Labute approximate surface area is 179 Å². The summed E-state index contributed by atoms with van der Waals surface area (Å²) in [6.07, 6.45) is -3.88. The first kappa shape index (κ1) is 22.3. The second kappa shape index (κ2) is 9.17. The molecule has 0 bridgehead atoms. The monoisotopic (exact) mass is 451 g/mol. The fourth-order valence-corrected chi connectivity index (χ4v) is 2.93. The van der Waals surface area contributed by atoms with E-state index in [0.29, 0.717) is 17.6 Å². The van der Waals surface area contributed by atoms with Gasteiger partial charge in [-0.15, -0.1) is 0 Å². The lowest BCUT2D eigenvalue weighted by Crippen LogP contribution is -2.34. The lowest BCUT2D eigenvalue weighted by atomic mass is 10.2. The van der Waals surface area contributed by atoms with Crippen molar-refractivity contribution in [1.82, 2.24) is 20.1 Å². The Morgan fingerprint density at radius 3 is 2.52 bits per heavy atom. The summed E-state index contributed by atoms with van der Waals surface area (Å²) in [4.78, 5) is 28.3. The van der Waals surface area contributed by atoms with E-state index in [9.17, 15) is 22.8 Å². The van der Waals surface area contributed by atoms with E-state index in [4.69, 9.17) is 11.6 Å². The highest BCUT2D eigenvalue weighted by atomic mass is 35.5. The Kier molecular flexibility index (Phi) is 6.59. The van der Waals surface area contributed by atoms with E-state index in [0.717, 1.165) is 6.07 Å². The van der Waals surface area contributed by atoms with Gasteiger partial charge in [0.25, 0.3) is 5.91 Å². The lowest BCUT2D eigenvalue weighted by Gasteiger charge is -2.12. The van der Waals surface area contributed by atoms with E-state index >= 15 is 0 Å². The topological polar surface area (TPSA) is 88.9 Å². The van der Waals surface area contributed by atoms with E-state index in [1.54, 1.807) is 31.2 Å². The van der Waals surface area contributed by atoms with Crippen LogP contribution in [0, 0.1) is 6.92 Å². The maximum absolute atomic E-state index is 12.7. The number of aromatic nitrogens is 3. The molecule has 0 atom stereocenters. The first-order valence-electron chi connectivity index (χ1n) is 9.08. The Hall–Kier alpha value is -3.40. The molecule has 2 aromatic heterocycles. The maximum Gasteiger partial charge on any atom is 0.417 e. The fourth-order valence-electron chi connectivity index (χ4n) is 2.70. The molecule has 0 aliphatic heterocycles. The molecule has 0 radical (unpaired) electrons. The van der Waals surface area contributed by atoms with Gasteiger partial charge in [0, 0.05) is 31.0 Å². The van der Waals surface area contributed by atoms with Gasteiger partial charge in [0.15, 0.2) is 5.69 Å². The molecule has 3 aromatic rings. The summed E-state index contributed by atoms with van der Waals surface area (Å²) in [6.45, 7) is 1.87. The molecule has 0 spiro atoms. The number of alkyl halides is 3. The zero-order valence-corrected chi connectivity index (χ0v) is 17.0. The normalized spacial score (nSPS) is 11.3. The van der Waals surface area contributed by atoms with Gasteiger partial charge in [-0.3, -0.25) is 9.59 Å².